The second-order valence-electron chi connectivity index (χ2n) is 5.79. The van der Waals surface area contributed by atoms with Crippen molar-refractivity contribution >= 4 is 22.6 Å². The Morgan fingerprint density at radius 1 is 1.24 bits per heavy atom. The third-order valence-corrected chi connectivity index (χ3v) is 3.93. The quantitative estimate of drug-likeness (QED) is 0.653. The van der Waals surface area contributed by atoms with Crippen molar-refractivity contribution in [1.82, 2.24) is 15.1 Å². The van der Waals surface area contributed by atoms with Gasteiger partial charge >= 0.3 is 5.97 Å². The van der Waals surface area contributed by atoms with Crippen LogP contribution < -0.4 is 16.4 Å². The molecular formula is C17H21N3O5. The maximum atomic E-state index is 12.3. The number of aliphatic carboxylic acids is 1. The zero-order valence-corrected chi connectivity index (χ0v) is 13.9. The average Bonchev–Trinajstić information content (AvgIpc) is 2.60. The number of aryl methyl sites for hydroxylation is 1. The Morgan fingerprint density at radius 2 is 1.92 bits per heavy atom. The van der Waals surface area contributed by atoms with Gasteiger partial charge in [-0.15, -0.1) is 0 Å². The molecule has 1 heterocycles. The Kier molecular flexibility index (Phi) is 6.10. The van der Waals surface area contributed by atoms with Crippen molar-refractivity contribution in [2.24, 2.45) is 0 Å². The van der Waals surface area contributed by atoms with Gasteiger partial charge in [0.2, 0.25) is 5.91 Å². The average molecular weight is 347 g/mol. The maximum absolute atomic E-state index is 12.3. The number of benzene rings is 1. The minimum atomic E-state index is -1.09. The molecule has 0 saturated heterocycles. The fourth-order valence-electron chi connectivity index (χ4n) is 2.55. The molecule has 0 spiro atoms. The van der Waals surface area contributed by atoms with Gasteiger partial charge in [0.05, 0.1) is 17.3 Å². The standard InChI is InChI=1S/C17H21N3O5/c1-2-3-8-13(17(24)25)18-14(21)9-10-20-16(23)12-7-5-4-6-11(12)15(22)19-20/h4-7,13H,2-3,8-10H2,1H3,(H,18,21)(H,19,22)(H,24,25)/t13-/m0/s1. The van der Waals surface area contributed by atoms with Gasteiger partial charge in [0, 0.05) is 6.42 Å². The predicted molar refractivity (Wildman–Crippen MR) is 92.5 cm³/mol. The smallest absolute Gasteiger partial charge is 0.326 e. The zero-order chi connectivity index (χ0) is 18.4. The number of aromatic amines is 1. The summed E-state index contributed by atoms with van der Waals surface area (Å²) in [7, 11) is 0. The van der Waals surface area contributed by atoms with E-state index in [2.05, 4.69) is 10.4 Å². The number of amides is 1. The molecule has 25 heavy (non-hydrogen) atoms. The molecule has 0 fully saturated rings. The number of hydrogen-bond acceptors (Lipinski definition) is 4. The van der Waals surface area contributed by atoms with Crippen LogP contribution in [0, 0.1) is 0 Å². The summed E-state index contributed by atoms with van der Waals surface area (Å²) in [5.74, 6) is -1.57. The van der Waals surface area contributed by atoms with Crippen molar-refractivity contribution in [2.45, 2.75) is 45.2 Å². The molecule has 0 unspecified atom stereocenters. The number of fused-ring (bicyclic) bond motifs is 1. The number of carbonyl (C=O) groups is 2. The highest BCUT2D eigenvalue weighted by Crippen LogP contribution is 2.03. The molecular weight excluding hydrogens is 326 g/mol. The SMILES string of the molecule is CCCC[C@H](NC(=O)CCn1[nH]c(=O)c2ccccc2c1=O)C(=O)O. The largest absolute Gasteiger partial charge is 0.480 e. The number of carbonyl (C=O) groups excluding carboxylic acids is 1. The van der Waals surface area contributed by atoms with Crippen LogP contribution in [0.1, 0.15) is 32.6 Å². The number of hydrogen-bond donors (Lipinski definition) is 3. The monoisotopic (exact) mass is 347 g/mol. The van der Waals surface area contributed by atoms with Gasteiger partial charge in [-0.3, -0.25) is 19.5 Å². The first-order chi connectivity index (χ1) is 11.9. The molecule has 0 bridgehead atoms. The van der Waals surface area contributed by atoms with E-state index in [1.165, 1.54) is 0 Å². The van der Waals surface area contributed by atoms with Crippen LogP contribution in [0.2, 0.25) is 0 Å². The third-order valence-electron chi connectivity index (χ3n) is 3.93. The Balaban J connectivity index is 2.08. The molecule has 0 saturated carbocycles. The van der Waals surface area contributed by atoms with Crippen LogP contribution in [0.25, 0.3) is 10.8 Å². The van der Waals surface area contributed by atoms with E-state index in [1.807, 2.05) is 6.92 Å². The lowest BCUT2D eigenvalue weighted by Crippen LogP contribution is -2.41. The lowest BCUT2D eigenvalue weighted by molar-refractivity contribution is -0.142. The lowest BCUT2D eigenvalue weighted by atomic mass is 10.1. The van der Waals surface area contributed by atoms with Gasteiger partial charge < -0.3 is 10.4 Å². The second kappa shape index (κ2) is 8.27. The van der Waals surface area contributed by atoms with E-state index in [0.717, 1.165) is 11.1 Å². The highest BCUT2D eigenvalue weighted by molar-refractivity contribution is 5.83. The molecule has 1 amide bonds. The van der Waals surface area contributed by atoms with Crippen molar-refractivity contribution in [3.8, 4) is 0 Å². The fourth-order valence-corrected chi connectivity index (χ4v) is 2.55. The molecule has 0 radical (unpaired) electrons. The van der Waals surface area contributed by atoms with Crippen LogP contribution in [0.3, 0.4) is 0 Å². The van der Waals surface area contributed by atoms with Gasteiger partial charge in [0.1, 0.15) is 6.04 Å². The Labute approximate surface area is 143 Å². The molecule has 2 aromatic rings. The molecule has 3 N–H and O–H groups in total. The Hall–Kier alpha value is -2.90. The van der Waals surface area contributed by atoms with Crippen molar-refractivity contribution < 1.29 is 14.7 Å². The number of aromatic nitrogens is 2. The van der Waals surface area contributed by atoms with Gasteiger partial charge in [-0.1, -0.05) is 31.9 Å². The summed E-state index contributed by atoms with van der Waals surface area (Å²) < 4.78 is 1.08. The van der Waals surface area contributed by atoms with Crippen molar-refractivity contribution in [2.75, 3.05) is 0 Å². The molecule has 1 aromatic carbocycles. The molecule has 1 atom stereocenters. The molecule has 0 aliphatic rings. The van der Waals surface area contributed by atoms with Gasteiger partial charge in [-0.2, -0.15) is 0 Å². The number of unbranched alkanes of at least 4 members (excludes halogenated alkanes) is 1. The molecule has 0 aliphatic heterocycles. The molecule has 0 aliphatic carbocycles. The van der Waals surface area contributed by atoms with E-state index < -0.39 is 29.0 Å². The summed E-state index contributed by atoms with van der Waals surface area (Å²) in [5, 5.41) is 14.6. The summed E-state index contributed by atoms with van der Waals surface area (Å²) in [6, 6.07) is 5.48. The topological polar surface area (TPSA) is 121 Å². The van der Waals surface area contributed by atoms with Crippen LogP contribution in [-0.2, 0) is 16.1 Å². The number of carboxylic acid groups (broad SMARTS) is 1. The number of nitrogens with one attached hydrogen (secondary N) is 2. The molecule has 1 aromatic heterocycles. The highest BCUT2D eigenvalue weighted by atomic mass is 16.4. The van der Waals surface area contributed by atoms with Crippen LogP contribution in [0.5, 0.6) is 0 Å². The number of H-pyrrole nitrogens is 1. The minimum absolute atomic E-state index is 0.0368. The first kappa shape index (κ1) is 18.4. The molecule has 8 nitrogen and oxygen atoms in total. The second-order valence-corrected chi connectivity index (χ2v) is 5.79. The Bertz CT molecular complexity index is 884. The first-order valence-electron chi connectivity index (χ1n) is 8.18. The van der Waals surface area contributed by atoms with Crippen molar-refractivity contribution in [3.63, 3.8) is 0 Å². The van der Waals surface area contributed by atoms with E-state index in [1.54, 1.807) is 24.3 Å². The van der Waals surface area contributed by atoms with Crippen molar-refractivity contribution in [3.05, 3.63) is 45.0 Å². The number of nitrogens with zero attached hydrogens (tertiary/aromatic N) is 1. The minimum Gasteiger partial charge on any atom is -0.480 e. The summed E-state index contributed by atoms with van der Waals surface area (Å²) in [6.07, 6.45) is 1.76. The predicted octanol–water partition coefficient (Wildman–Crippen LogP) is 0.839. The van der Waals surface area contributed by atoms with E-state index in [9.17, 15) is 19.2 Å². The van der Waals surface area contributed by atoms with E-state index in [0.29, 0.717) is 18.2 Å². The third kappa shape index (κ3) is 4.56. The first-order valence-corrected chi connectivity index (χ1v) is 8.18. The van der Waals surface area contributed by atoms with Gasteiger partial charge in [-0.25, -0.2) is 9.48 Å². The van der Waals surface area contributed by atoms with E-state index in [4.69, 9.17) is 5.11 Å². The zero-order valence-electron chi connectivity index (χ0n) is 13.9. The van der Waals surface area contributed by atoms with Crippen LogP contribution >= 0.6 is 0 Å². The summed E-state index contributed by atoms with van der Waals surface area (Å²) in [6.45, 7) is 1.90. The van der Waals surface area contributed by atoms with Crippen molar-refractivity contribution in [1.29, 1.82) is 0 Å². The summed E-state index contributed by atoms with van der Waals surface area (Å²) in [5.41, 5.74) is -0.814. The molecule has 134 valence electrons. The normalized spacial score (nSPS) is 12.0. The van der Waals surface area contributed by atoms with E-state index in [-0.39, 0.29) is 18.4 Å². The van der Waals surface area contributed by atoms with Gasteiger partial charge in [0.15, 0.2) is 0 Å². The van der Waals surface area contributed by atoms with Gasteiger partial charge in [0.25, 0.3) is 11.1 Å². The number of rotatable bonds is 8. The fraction of sp³-hybridized carbons (Fsp3) is 0.412. The van der Waals surface area contributed by atoms with E-state index >= 15 is 0 Å². The summed E-state index contributed by atoms with van der Waals surface area (Å²) >= 11 is 0. The summed E-state index contributed by atoms with van der Waals surface area (Å²) in [4.78, 5) is 47.4. The maximum Gasteiger partial charge on any atom is 0.326 e. The van der Waals surface area contributed by atoms with Crippen LogP contribution in [-0.4, -0.2) is 32.8 Å². The Morgan fingerprint density at radius 3 is 2.56 bits per heavy atom. The van der Waals surface area contributed by atoms with Gasteiger partial charge in [-0.05, 0) is 18.6 Å². The molecule has 8 heteroatoms. The molecule has 2 rings (SSSR count). The highest BCUT2D eigenvalue weighted by Gasteiger charge is 2.19. The van der Waals surface area contributed by atoms with Crippen LogP contribution in [0.4, 0.5) is 0 Å². The lowest BCUT2D eigenvalue weighted by Gasteiger charge is -2.14. The van der Waals surface area contributed by atoms with Crippen LogP contribution in [0.15, 0.2) is 33.9 Å². The number of carboxylic acids is 1.